The Morgan fingerprint density at radius 1 is 1.03 bits per heavy atom. The molecule has 192 valence electrons. The summed E-state index contributed by atoms with van der Waals surface area (Å²) in [7, 11) is 3.06. The summed E-state index contributed by atoms with van der Waals surface area (Å²) in [6, 6.07) is 9.38. The number of carbonyl (C=O) groups excluding carboxylic acids is 2. The van der Waals surface area contributed by atoms with Crippen LogP contribution in [0.3, 0.4) is 0 Å². The second-order valence-corrected chi connectivity index (χ2v) is 8.56. The molecule has 2 aliphatic rings. The highest BCUT2D eigenvalue weighted by molar-refractivity contribution is 6.46. The number of benzene rings is 2. The lowest BCUT2D eigenvalue weighted by Gasteiger charge is -2.27. The van der Waals surface area contributed by atoms with E-state index in [1.54, 1.807) is 36.4 Å². The average Bonchev–Trinajstić information content (AvgIpc) is 3.48. The molecule has 0 aliphatic carbocycles. The van der Waals surface area contributed by atoms with Gasteiger partial charge in [-0.05, 0) is 62.0 Å². The second-order valence-electron chi connectivity index (χ2n) is 8.56. The van der Waals surface area contributed by atoms with Gasteiger partial charge in [0.05, 0.1) is 25.8 Å². The third kappa shape index (κ3) is 4.70. The van der Waals surface area contributed by atoms with Gasteiger partial charge in [-0.1, -0.05) is 19.9 Å². The maximum Gasteiger partial charge on any atom is 0.295 e. The smallest absolute Gasteiger partial charge is 0.295 e. The largest absolute Gasteiger partial charge is 0.507 e. The molecule has 0 aromatic heterocycles. The van der Waals surface area contributed by atoms with E-state index in [0.29, 0.717) is 47.1 Å². The molecule has 1 amide bonds. The lowest BCUT2D eigenvalue weighted by atomic mass is 9.94. The second kappa shape index (κ2) is 10.9. The molecule has 1 saturated heterocycles. The molecule has 36 heavy (non-hydrogen) atoms. The molecule has 0 saturated carbocycles. The van der Waals surface area contributed by atoms with Crippen molar-refractivity contribution < 1.29 is 33.6 Å². The molecule has 4 rings (SSSR count). The SMILES string of the molecule is CCN(CC)CCCN1C(=O)C(=O)C(=C(O)c2ccc3c(c2)OCO3)C1c1ccc(OC)c(OC)c1. The zero-order chi connectivity index (χ0) is 25.8. The zero-order valence-electron chi connectivity index (χ0n) is 21.1. The van der Waals surface area contributed by atoms with E-state index in [4.69, 9.17) is 18.9 Å². The molecule has 2 aliphatic heterocycles. The van der Waals surface area contributed by atoms with Crippen LogP contribution in [-0.2, 0) is 9.59 Å². The molecule has 1 atom stereocenters. The lowest BCUT2D eigenvalue weighted by molar-refractivity contribution is -0.140. The van der Waals surface area contributed by atoms with Crippen molar-refractivity contribution in [2.24, 2.45) is 0 Å². The number of aliphatic hydroxyl groups excluding tert-OH is 1. The Bertz CT molecular complexity index is 1170. The van der Waals surface area contributed by atoms with Gasteiger partial charge in [0.25, 0.3) is 11.7 Å². The van der Waals surface area contributed by atoms with Gasteiger partial charge in [-0.3, -0.25) is 9.59 Å². The van der Waals surface area contributed by atoms with Crippen LogP contribution < -0.4 is 18.9 Å². The van der Waals surface area contributed by atoms with Crippen LogP contribution in [0.15, 0.2) is 42.0 Å². The van der Waals surface area contributed by atoms with Crippen molar-refractivity contribution in [3.05, 3.63) is 53.1 Å². The minimum atomic E-state index is -0.785. The fourth-order valence-corrected chi connectivity index (χ4v) is 4.68. The van der Waals surface area contributed by atoms with Crippen molar-refractivity contribution in [1.82, 2.24) is 9.80 Å². The molecular formula is C27H32N2O7. The van der Waals surface area contributed by atoms with Gasteiger partial charge in [0, 0.05) is 12.1 Å². The topological polar surface area (TPSA) is 97.8 Å². The first kappa shape index (κ1) is 25.4. The number of methoxy groups -OCH3 is 2. The van der Waals surface area contributed by atoms with Crippen LogP contribution in [0.2, 0.25) is 0 Å². The molecule has 1 N–H and O–H groups in total. The molecule has 0 spiro atoms. The first-order chi connectivity index (χ1) is 17.4. The number of fused-ring (bicyclic) bond motifs is 1. The summed E-state index contributed by atoms with van der Waals surface area (Å²) in [6.45, 7) is 7.21. The van der Waals surface area contributed by atoms with Crippen molar-refractivity contribution in [1.29, 1.82) is 0 Å². The molecule has 2 aromatic carbocycles. The Morgan fingerprint density at radius 2 is 1.75 bits per heavy atom. The minimum Gasteiger partial charge on any atom is -0.507 e. The van der Waals surface area contributed by atoms with Crippen LogP contribution in [0.1, 0.15) is 37.4 Å². The predicted molar refractivity (Wildman–Crippen MR) is 134 cm³/mol. The Labute approximate surface area is 210 Å². The maximum absolute atomic E-state index is 13.3. The van der Waals surface area contributed by atoms with E-state index >= 15 is 0 Å². The van der Waals surface area contributed by atoms with Gasteiger partial charge in [-0.25, -0.2) is 0 Å². The Morgan fingerprint density at radius 3 is 2.44 bits per heavy atom. The fraction of sp³-hybridized carbons (Fsp3) is 0.407. The van der Waals surface area contributed by atoms with E-state index in [1.807, 2.05) is 0 Å². The molecule has 0 bridgehead atoms. The van der Waals surface area contributed by atoms with Crippen LogP contribution in [0.5, 0.6) is 23.0 Å². The third-order valence-corrected chi connectivity index (χ3v) is 6.68. The predicted octanol–water partition coefficient (Wildman–Crippen LogP) is 3.59. The summed E-state index contributed by atoms with van der Waals surface area (Å²) < 4.78 is 21.6. The van der Waals surface area contributed by atoms with E-state index in [9.17, 15) is 14.7 Å². The van der Waals surface area contributed by atoms with Gasteiger partial charge in [0.15, 0.2) is 23.0 Å². The van der Waals surface area contributed by atoms with Gasteiger partial charge in [-0.2, -0.15) is 0 Å². The zero-order valence-corrected chi connectivity index (χ0v) is 21.1. The summed E-state index contributed by atoms with van der Waals surface area (Å²) in [6.07, 6.45) is 0.683. The quantitative estimate of drug-likeness (QED) is 0.303. The molecule has 1 unspecified atom stereocenters. The monoisotopic (exact) mass is 496 g/mol. The molecule has 9 nitrogen and oxygen atoms in total. The summed E-state index contributed by atoms with van der Waals surface area (Å²) in [5.74, 6) is 0.374. The number of ketones is 1. The highest BCUT2D eigenvalue weighted by atomic mass is 16.7. The molecule has 2 aromatic rings. The fourth-order valence-electron chi connectivity index (χ4n) is 4.68. The minimum absolute atomic E-state index is 0.0222. The number of rotatable bonds is 10. The third-order valence-electron chi connectivity index (χ3n) is 6.68. The summed E-state index contributed by atoms with van der Waals surface area (Å²) in [5.41, 5.74) is 1.02. The number of hydrogen-bond acceptors (Lipinski definition) is 8. The maximum atomic E-state index is 13.3. The highest BCUT2D eigenvalue weighted by Crippen LogP contribution is 2.43. The van der Waals surface area contributed by atoms with E-state index < -0.39 is 17.7 Å². The number of carbonyl (C=O) groups is 2. The normalized spacial score (nSPS) is 18.2. The van der Waals surface area contributed by atoms with E-state index in [2.05, 4.69) is 18.7 Å². The van der Waals surface area contributed by atoms with Crippen molar-refractivity contribution in [2.75, 3.05) is 47.2 Å². The number of likely N-dealkylation sites (tertiary alicyclic amines) is 1. The van der Waals surface area contributed by atoms with Crippen LogP contribution in [0.25, 0.3) is 5.76 Å². The number of nitrogens with zero attached hydrogens (tertiary/aromatic N) is 2. The van der Waals surface area contributed by atoms with Crippen LogP contribution in [0.4, 0.5) is 0 Å². The summed E-state index contributed by atoms with van der Waals surface area (Å²) >= 11 is 0. The first-order valence-electron chi connectivity index (χ1n) is 12.1. The van der Waals surface area contributed by atoms with Gasteiger partial charge in [0.1, 0.15) is 5.76 Å². The number of amides is 1. The van der Waals surface area contributed by atoms with Crippen LogP contribution in [0, 0.1) is 0 Å². The van der Waals surface area contributed by atoms with E-state index in [0.717, 1.165) is 19.6 Å². The number of aliphatic hydroxyl groups is 1. The molecule has 1 fully saturated rings. The summed E-state index contributed by atoms with van der Waals surface area (Å²) in [4.78, 5) is 30.3. The van der Waals surface area contributed by atoms with E-state index in [-0.39, 0.29) is 18.1 Å². The highest BCUT2D eigenvalue weighted by Gasteiger charge is 2.46. The number of Topliss-reactive ketones (excluding diaryl/α,β-unsaturated/α-hetero) is 1. The van der Waals surface area contributed by atoms with E-state index in [1.165, 1.54) is 19.1 Å². The Balaban J connectivity index is 1.78. The van der Waals surface area contributed by atoms with Crippen molar-refractivity contribution >= 4 is 17.4 Å². The number of hydrogen-bond donors (Lipinski definition) is 1. The molecule has 9 heteroatoms. The van der Waals surface area contributed by atoms with Gasteiger partial charge >= 0.3 is 0 Å². The van der Waals surface area contributed by atoms with Gasteiger partial charge in [-0.15, -0.1) is 0 Å². The Hall–Kier alpha value is -3.72. The van der Waals surface area contributed by atoms with Gasteiger partial charge < -0.3 is 33.9 Å². The first-order valence-corrected chi connectivity index (χ1v) is 12.1. The molecule has 0 radical (unpaired) electrons. The number of ether oxygens (including phenoxy) is 4. The standard InChI is InChI=1S/C27H32N2O7/c1-5-28(6-2)12-7-13-29-24(17-8-10-19(33-3)21(14-17)34-4)23(26(31)27(29)32)25(30)18-9-11-20-22(15-18)36-16-35-20/h8-11,14-15,24,30H,5-7,12-13,16H2,1-4H3. The lowest BCUT2D eigenvalue weighted by Crippen LogP contribution is -2.33. The molecule has 2 heterocycles. The average molecular weight is 497 g/mol. The Kier molecular flexibility index (Phi) is 7.69. The van der Waals surface area contributed by atoms with Crippen LogP contribution >= 0.6 is 0 Å². The van der Waals surface area contributed by atoms with Crippen molar-refractivity contribution in [2.45, 2.75) is 26.3 Å². The molecular weight excluding hydrogens is 464 g/mol. The van der Waals surface area contributed by atoms with Crippen molar-refractivity contribution in [3.63, 3.8) is 0 Å². The summed E-state index contributed by atoms with van der Waals surface area (Å²) in [5, 5.41) is 11.3. The van der Waals surface area contributed by atoms with Crippen molar-refractivity contribution in [3.8, 4) is 23.0 Å². The van der Waals surface area contributed by atoms with Gasteiger partial charge in [0.2, 0.25) is 6.79 Å². The van der Waals surface area contributed by atoms with Crippen LogP contribution in [-0.4, -0.2) is 73.8 Å².